The van der Waals surface area contributed by atoms with Gasteiger partial charge in [0, 0.05) is 5.39 Å². The fraction of sp³-hybridized carbons (Fsp3) is 0.0588. The number of hydrogen-bond acceptors (Lipinski definition) is 4. The number of aromatic nitrogens is 2. The SMILES string of the molecule is COc1ccccc1-n1cnc2c(=O)oc3ccccc3c21. The largest absolute Gasteiger partial charge is 0.495 e. The van der Waals surface area contributed by atoms with Crippen molar-refractivity contribution < 1.29 is 9.15 Å². The fourth-order valence-electron chi connectivity index (χ4n) is 2.67. The molecular formula is C17H12N2O3. The monoisotopic (exact) mass is 292 g/mol. The van der Waals surface area contributed by atoms with E-state index in [1.807, 2.05) is 47.0 Å². The number of para-hydroxylation sites is 3. The average Bonchev–Trinajstić information content (AvgIpc) is 3.00. The summed E-state index contributed by atoms with van der Waals surface area (Å²) in [6.07, 6.45) is 1.62. The molecule has 0 unspecified atom stereocenters. The molecule has 108 valence electrons. The van der Waals surface area contributed by atoms with Crippen LogP contribution >= 0.6 is 0 Å². The van der Waals surface area contributed by atoms with Gasteiger partial charge in [-0.25, -0.2) is 9.78 Å². The highest BCUT2D eigenvalue weighted by Gasteiger charge is 2.15. The number of imidazole rings is 1. The number of hydrogen-bond donors (Lipinski definition) is 0. The Kier molecular flexibility index (Phi) is 2.72. The van der Waals surface area contributed by atoms with E-state index in [9.17, 15) is 4.79 Å². The molecule has 0 N–H and O–H groups in total. The molecule has 5 nitrogen and oxygen atoms in total. The molecule has 0 radical (unpaired) electrons. The molecule has 0 aliphatic rings. The third-order valence-corrected chi connectivity index (χ3v) is 3.65. The van der Waals surface area contributed by atoms with E-state index in [-0.39, 0.29) is 0 Å². The first kappa shape index (κ1) is 12.6. The van der Waals surface area contributed by atoms with E-state index in [2.05, 4.69) is 4.98 Å². The number of nitrogens with zero attached hydrogens (tertiary/aromatic N) is 2. The standard InChI is InChI=1S/C17H12N2O3/c1-21-14-9-5-3-7-12(14)19-10-18-15-16(19)11-6-2-4-8-13(11)22-17(15)20/h2-10H,1H3. The first-order valence-electron chi connectivity index (χ1n) is 6.82. The summed E-state index contributed by atoms with van der Waals surface area (Å²) in [6, 6.07) is 15.0. The van der Waals surface area contributed by atoms with Crippen LogP contribution in [0.3, 0.4) is 0 Å². The van der Waals surface area contributed by atoms with Gasteiger partial charge in [0.05, 0.1) is 18.3 Å². The van der Waals surface area contributed by atoms with Gasteiger partial charge in [-0.05, 0) is 24.3 Å². The highest BCUT2D eigenvalue weighted by atomic mass is 16.5. The molecule has 0 saturated carbocycles. The second kappa shape index (κ2) is 4.73. The van der Waals surface area contributed by atoms with Crippen LogP contribution in [0.1, 0.15) is 0 Å². The fourth-order valence-corrected chi connectivity index (χ4v) is 2.67. The van der Waals surface area contributed by atoms with Crippen LogP contribution in [-0.4, -0.2) is 16.7 Å². The maximum Gasteiger partial charge on any atom is 0.364 e. The molecule has 0 amide bonds. The summed E-state index contributed by atoms with van der Waals surface area (Å²) in [4.78, 5) is 16.3. The Hall–Kier alpha value is -3.08. The molecule has 4 aromatic rings. The molecule has 2 heterocycles. The molecule has 0 bridgehead atoms. The number of fused-ring (bicyclic) bond motifs is 3. The molecule has 0 atom stereocenters. The van der Waals surface area contributed by atoms with Crippen molar-refractivity contribution in [2.24, 2.45) is 0 Å². The lowest BCUT2D eigenvalue weighted by Gasteiger charge is -2.10. The van der Waals surface area contributed by atoms with E-state index < -0.39 is 5.63 Å². The zero-order valence-corrected chi connectivity index (χ0v) is 11.8. The summed E-state index contributed by atoms with van der Waals surface area (Å²) in [5.41, 5.74) is 1.95. The van der Waals surface area contributed by atoms with Crippen molar-refractivity contribution >= 4 is 22.0 Å². The highest BCUT2D eigenvalue weighted by Crippen LogP contribution is 2.29. The first-order valence-corrected chi connectivity index (χ1v) is 6.82. The summed E-state index contributed by atoms with van der Waals surface area (Å²) in [5, 5.41) is 0.834. The van der Waals surface area contributed by atoms with Gasteiger partial charge in [-0.15, -0.1) is 0 Å². The van der Waals surface area contributed by atoms with Gasteiger partial charge in [0.25, 0.3) is 0 Å². The van der Waals surface area contributed by atoms with E-state index in [4.69, 9.17) is 9.15 Å². The Labute approximate surface area is 125 Å². The van der Waals surface area contributed by atoms with Crippen molar-refractivity contribution in [1.82, 2.24) is 9.55 Å². The average molecular weight is 292 g/mol. The topological polar surface area (TPSA) is 57.3 Å². The van der Waals surface area contributed by atoms with Crippen LogP contribution in [0.25, 0.3) is 27.7 Å². The Bertz CT molecular complexity index is 1050. The first-order chi connectivity index (χ1) is 10.8. The minimum Gasteiger partial charge on any atom is -0.495 e. The zero-order valence-electron chi connectivity index (χ0n) is 11.8. The number of ether oxygens (including phenoxy) is 1. The zero-order chi connectivity index (χ0) is 15.1. The summed E-state index contributed by atoms with van der Waals surface area (Å²) < 4.78 is 12.6. The molecule has 2 aromatic carbocycles. The Balaban J connectivity index is 2.18. The van der Waals surface area contributed by atoms with Crippen LogP contribution < -0.4 is 10.4 Å². The molecule has 0 aliphatic heterocycles. The minimum atomic E-state index is -0.442. The van der Waals surface area contributed by atoms with Crippen LogP contribution in [0.4, 0.5) is 0 Å². The third kappa shape index (κ3) is 1.72. The van der Waals surface area contributed by atoms with Crippen LogP contribution in [0.5, 0.6) is 5.75 Å². The summed E-state index contributed by atoms with van der Waals surface area (Å²) in [7, 11) is 1.62. The highest BCUT2D eigenvalue weighted by molar-refractivity contribution is 6.01. The van der Waals surface area contributed by atoms with Gasteiger partial charge in [0.2, 0.25) is 0 Å². The lowest BCUT2D eigenvalue weighted by atomic mass is 10.2. The van der Waals surface area contributed by atoms with Gasteiger partial charge in [-0.3, -0.25) is 4.57 Å². The second-order valence-electron chi connectivity index (χ2n) is 4.87. The van der Waals surface area contributed by atoms with E-state index in [1.54, 1.807) is 19.5 Å². The van der Waals surface area contributed by atoms with Gasteiger partial charge in [0.15, 0.2) is 5.52 Å². The predicted octanol–water partition coefficient (Wildman–Crippen LogP) is 3.14. The predicted molar refractivity (Wildman–Crippen MR) is 83.7 cm³/mol. The van der Waals surface area contributed by atoms with Crippen LogP contribution in [0.2, 0.25) is 0 Å². The maximum absolute atomic E-state index is 12.1. The second-order valence-corrected chi connectivity index (χ2v) is 4.87. The quantitative estimate of drug-likeness (QED) is 0.533. The molecule has 0 aliphatic carbocycles. The smallest absolute Gasteiger partial charge is 0.364 e. The van der Waals surface area contributed by atoms with Crippen molar-refractivity contribution in [3.8, 4) is 11.4 Å². The molecular weight excluding hydrogens is 280 g/mol. The normalized spacial score (nSPS) is 11.1. The van der Waals surface area contributed by atoms with Gasteiger partial charge in [-0.1, -0.05) is 24.3 Å². The molecule has 22 heavy (non-hydrogen) atoms. The minimum absolute atomic E-state index is 0.310. The molecule has 0 fully saturated rings. The number of methoxy groups -OCH3 is 1. The lowest BCUT2D eigenvalue weighted by molar-refractivity contribution is 0.413. The molecule has 5 heteroatoms. The Morgan fingerprint density at radius 1 is 1.09 bits per heavy atom. The summed E-state index contributed by atoms with van der Waals surface area (Å²) in [5.74, 6) is 0.708. The maximum atomic E-state index is 12.1. The van der Waals surface area contributed by atoms with Gasteiger partial charge in [-0.2, -0.15) is 0 Å². The molecule has 4 rings (SSSR count). The summed E-state index contributed by atoms with van der Waals surface area (Å²) in [6.45, 7) is 0. The molecule has 2 aromatic heterocycles. The van der Waals surface area contributed by atoms with E-state index in [1.165, 1.54) is 0 Å². The van der Waals surface area contributed by atoms with Crippen LogP contribution in [-0.2, 0) is 0 Å². The number of benzene rings is 2. The van der Waals surface area contributed by atoms with Crippen molar-refractivity contribution in [2.75, 3.05) is 7.11 Å². The van der Waals surface area contributed by atoms with Crippen molar-refractivity contribution in [1.29, 1.82) is 0 Å². The van der Waals surface area contributed by atoms with Crippen molar-refractivity contribution in [2.45, 2.75) is 0 Å². The Morgan fingerprint density at radius 3 is 2.73 bits per heavy atom. The van der Waals surface area contributed by atoms with E-state index >= 15 is 0 Å². The van der Waals surface area contributed by atoms with Gasteiger partial charge < -0.3 is 9.15 Å². The summed E-state index contributed by atoms with van der Waals surface area (Å²) >= 11 is 0. The van der Waals surface area contributed by atoms with Gasteiger partial charge >= 0.3 is 5.63 Å². The van der Waals surface area contributed by atoms with E-state index in [0.717, 1.165) is 16.6 Å². The lowest BCUT2D eigenvalue weighted by Crippen LogP contribution is -2.02. The van der Waals surface area contributed by atoms with Crippen molar-refractivity contribution in [3.05, 3.63) is 65.3 Å². The van der Waals surface area contributed by atoms with Crippen molar-refractivity contribution in [3.63, 3.8) is 0 Å². The third-order valence-electron chi connectivity index (χ3n) is 3.65. The number of rotatable bonds is 2. The molecule has 0 spiro atoms. The van der Waals surface area contributed by atoms with Gasteiger partial charge in [0.1, 0.15) is 17.7 Å². The Morgan fingerprint density at radius 2 is 1.86 bits per heavy atom. The molecule has 0 saturated heterocycles. The van der Waals surface area contributed by atoms with Crippen LogP contribution in [0.15, 0.2) is 64.1 Å². The van der Waals surface area contributed by atoms with E-state index in [0.29, 0.717) is 16.8 Å². The van der Waals surface area contributed by atoms with Crippen LogP contribution in [0, 0.1) is 0 Å².